The second-order valence-electron chi connectivity index (χ2n) is 9.06. The number of likely N-dealkylation sites (tertiary alicyclic amines) is 1. The van der Waals surface area contributed by atoms with Gasteiger partial charge in [-0.1, -0.05) is 18.1 Å². The van der Waals surface area contributed by atoms with Gasteiger partial charge in [0.25, 0.3) is 11.8 Å². The number of benzene rings is 1. The third kappa shape index (κ3) is 5.69. The Hall–Kier alpha value is -4.12. The highest BCUT2D eigenvalue weighted by atomic mass is 16.2. The summed E-state index contributed by atoms with van der Waals surface area (Å²) >= 11 is 0. The van der Waals surface area contributed by atoms with Gasteiger partial charge in [-0.15, -0.1) is 6.42 Å². The van der Waals surface area contributed by atoms with Crippen molar-refractivity contribution in [2.75, 3.05) is 23.7 Å². The average Bonchev–Trinajstić information content (AvgIpc) is 3.23. The number of anilines is 2. The second-order valence-corrected chi connectivity index (χ2v) is 9.06. The first kappa shape index (κ1) is 24.0. The minimum atomic E-state index is -0.331. The van der Waals surface area contributed by atoms with Crippen LogP contribution < -0.4 is 10.6 Å². The van der Waals surface area contributed by atoms with Crippen molar-refractivity contribution in [2.24, 2.45) is 7.05 Å². The van der Waals surface area contributed by atoms with Crippen LogP contribution in [-0.4, -0.2) is 50.6 Å². The van der Waals surface area contributed by atoms with Crippen LogP contribution in [0.25, 0.3) is 0 Å². The van der Waals surface area contributed by atoms with Crippen LogP contribution in [0.15, 0.2) is 48.7 Å². The van der Waals surface area contributed by atoms with Crippen LogP contribution in [0.5, 0.6) is 0 Å². The number of hydrogen-bond acceptors (Lipinski definition) is 5. The van der Waals surface area contributed by atoms with E-state index < -0.39 is 0 Å². The molecule has 8 heteroatoms. The van der Waals surface area contributed by atoms with E-state index in [-0.39, 0.29) is 17.9 Å². The van der Waals surface area contributed by atoms with Gasteiger partial charge in [0, 0.05) is 44.0 Å². The minimum Gasteiger partial charge on any atom is -0.368 e. The Labute approximate surface area is 205 Å². The molecule has 8 nitrogen and oxygen atoms in total. The molecule has 3 aromatic rings. The lowest BCUT2D eigenvalue weighted by Gasteiger charge is -2.32. The van der Waals surface area contributed by atoms with E-state index in [0.29, 0.717) is 41.9 Å². The fourth-order valence-corrected chi connectivity index (χ4v) is 4.26. The lowest BCUT2D eigenvalue weighted by molar-refractivity contribution is 0.0701. The molecule has 4 rings (SSSR count). The topological polar surface area (TPSA) is 92.2 Å². The molecular weight excluding hydrogens is 440 g/mol. The van der Waals surface area contributed by atoms with E-state index >= 15 is 0 Å². The fourth-order valence-electron chi connectivity index (χ4n) is 4.26. The number of aryl methyl sites for hydroxylation is 1. The molecule has 0 unspecified atom stereocenters. The first-order valence-electron chi connectivity index (χ1n) is 11.8. The number of aromatic nitrogens is 3. The van der Waals surface area contributed by atoms with Crippen LogP contribution in [0.1, 0.15) is 64.6 Å². The van der Waals surface area contributed by atoms with E-state index in [2.05, 4.69) is 38.8 Å². The van der Waals surface area contributed by atoms with E-state index in [1.807, 2.05) is 30.9 Å². The predicted molar refractivity (Wildman–Crippen MR) is 136 cm³/mol. The maximum Gasteiger partial charge on any atom is 0.272 e. The summed E-state index contributed by atoms with van der Waals surface area (Å²) in [5.74, 6) is 3.66. The number of amides is 2. The normalized spacial score (nSPS) is 14.0. The van der Waals surface area contributed by atoms with Gasteiger partial charge >= 0.3 is 0 Å². The smallest absolute Gasteiger partial charge is 0.272 e. The number of pyridine rings is 1. The number of nitrogens with zero attached hydrogens (tertiary/aromatic N) is 4. The highest BCUT2D eigenvalue weighted by Crippen LogP contribution is 2.29. The van der Waals surface area contributed by atoms with Gasteiger partial charge in [-0.2, -0.15) is 5.10 Å². The summed E-state index contributed by atoms with van der Waals surface area (Å²) in [6.45, 7) is 5.36. The molecule has 3 heterocycles. The highest BCUT2D eigenvalue weighted by molar-refractivity contribution is 6.04. The number of carbonyl (C=O) groups is 2. The molecule has 0 saturated carbocycles. The third-order valence-electron chi connectivity index (χ3n) is 6.13. The Balaban J connectivity index is 1.36. The van der Waals surface area contributed by atoms with Crippen molar-refractivity contribution in [1.29, 1.82) is 0 Å². The standard InChI is InChI=1S/C27H30N6O2/c1-5-19-6-8-20(9-7-19)21-12-14-33(15-13-21)27(35)23-16-25(31-32(23)4)30-26(34)22-10-11-24(28-17-22)29-18(2)3/h1,6-11,16-18,21H,12-15H2,2-4H3,(H,28,29)(H,30,31,34). The van der Waals surface area contributed by atoms with Crippen LogP contribution in [0, 0.1) is 12.3 Å². The average molecular weight is 471 g/mol. The van der Waals surface area contributed by atoms with Crippen molar-refractivity contribution in [1.82, 2.24) is 19.7 Å². The molecule has 2 N–H and O–H groups in total. The number of nitrogens with one attached hydrogen (secondary N) is 2. The summed E-state index contributed by atoms with van der Waals surface area (Å²) in [5.41, 5.74) is 2.97. The van der Waals surface area contributed by atoms with Gasteiger partial charge in [0.05, 0.1) is 5.56 Å². The van der Waals surface area contributed by atoms with Gasteiger partial charge in [0.2, 0.25) is 0 Å². The Morgan fingerprint density at radius 2 is 1.80 bits per heavy atom. The number of terminal acetylenes is 1. The van der Waals surface area contributed by atoms with Crippen molar-refractivity contribution >= 4 is 23.5 Å². The number of piperidine rings is 1. The zero-order valence-corrected chi connectivity index (χ0v) is 20.3. The third-order valence-corrected chi connectivity index (χ3v) is 6.13. The molecular formula is C27H30N6O2. The van der Waals surface area contributed by atoms with Gasteiger partial charge in [0.15, 0.2) is 5.82 Å². The quantitative estimate of drug-likeness (QED) is 0.534. The SMILES string of the molecule is C#Cc1ccc(C2CCN(C(=O)c3cc(NC(=O)c4ccc(NC(C)C)nc4)nn3C)CC2)cc1. The zero-order chi connectivity index (χ0) is 24.9. The molecule has 1 aliphatic rings. The molecule has 0 atom stereocenters. The Bertz CT molecular complexity index is 1230. The summed E-state index contributed by atoms with van der Waals surface area (Å²) in [4.78, 5) is 31.9. The summed E-state index contributed by atoms with van der Waals surface area (Å²) < 4.78 is 1.51. The van der Waals surface area contributed by atoms with Crippen molar-refractivity contribution in [3.63, 3.8) is 0 Å². The van der Waals surface area contributed by atoms with E-state index in [9.17, 15) is 9.59 Å². The van der Waals surface area contributed by atoms with Crippen LogP contribution in [0.3, 0.4) is 0 Å². The minimum absolute atomic E-state index is 0.0904. The van der Waals surface area contributed by atoms with Gasteiger partial charge in [-0.3, -0.25) is 14.3 Å². The molecule has 0 bridgehead atoms. The molecule has 180 valence electrons. The summed E-state index contributed by atoms with van der Waals surface area (Å²) in [5, 5.41) is 10.3. The van der Waals surface area contributed by atoms with E-state index in [1.165, 1.54) is 16.4 Å². The molecule has 2 aromatic heterocycles. The molecule has 1 aromatic carbocycles. The van der Waals surface area contributed by atoms with Crippen molar-refractivity contribution < 1.29 is 9.59 Å². The molecule has 35 heavy (non-hydrogen) atoms. The largest absolute Gasteiger partial charge is 0.368 e. The first-order chi connectivity index (χ1) is 16.8. The molecule has 1 fully saturated rings. The van der Waals surface area contributed by atoms with Gasteiger partial charge in [0.1, 0.15) is 11.5 Å². The summed E-state index contributed by atoms with van der Waals surface area (Å²) in [6, 6.07) is 13.4. The van der Waals surface area contributed by atoms with Gasteiger partial charge < -0.3 is 15.5 Å². The molecule has 0 spiro atoms. The number of carbonyl (C=O) groups excluding carboxylic acids is 2. The fraction of sp³-hybridized carbons (Fsp3) is 0.333. The molecule has 1 aliphatic heterocycles. The van der Waals surface area contributed by atoms with Crippen molar-refractivity contribution in [2.45, 2.75) is 38.6 Å². The van der Waals surface area contributed by atoms with Crippen LogP contribution >= 0.6 is 0 Å². The lowest BCUT2D eigenvalue weighted by Crippen LogP contribution is -2.38. The van der Waals surface area contributed by atoms with Crippen LogP contribution in [-0.2, 0) is 7.05 Å². The molecule has 2 amide bonds. The monoisotopic (exact) mass is 470 g/mol. The lowest BCUT2D eigenvalue weighted by atomic mass is 9.89. The summed E-state index contributed by atoms with van der Waals surface area (Å²) in [6.07, 6.45) is 8.73. The first-order valence-corrected chi connectivity index (χ1v) is 11.8. The highest BCUT2D eigenvalue weighted by Gasteiger charge is 2.27. The van der Waals surface area contributed by atoms with E-state index in [4.69, 9.17) is 6.42 Å². The van der Waals surface area contributed by atoms with Gasteiger partial charge in [-0.25, -0.2) is 4.98 Å². The zero-order valence-electron chi connectivity index (χ0n) is 20.3. The molecule has 0 radical (unpaired) electrons. The van der Waals surface area contributed by atoms with Crippen molar-refractivity contribution in [3.05, 3.63) is 71.0 Å². The summed E-state index contributed by atoms with van der Waals surface area (Å²) in [7, 11) is 1.70. The predicted octanol–water partition coefficient (Wildman–Crippen LogP) is 3.89. The molecule has 1 saturated heterocycles. The number of hydrogen-bond donors (Lipinski definition) is 2. The van der Waals surface area contributed by atoms with Gasteiger partial charge in [-0.05, 0) is 62.4 Å². The van der Waals surface area contributed by atoms with Crippen LogP contribution in [0.2, 0.25) is 0 Å². The Morgan fingerprint density at radius 1 is 1.09 bits per heavy atom. The van der Waals surface area contributed by atoms with Crippen molar-refractivity contribution in [3.8, 4) is 12.3 Å². The van der Waals surface area contributed by atoms with E-state index in [1.54, 1.807) is 25.2 Å². The maximum absolute atomic E-state index is 13.2. The Morgan fingerprint density at radius 3 is 2.40 bits per heavy atom. The van der Waals surface area contributed by atoms with E-state index in [0.717, 1.165) is 18.4 Å². The molecule has 0 aliphatic carbocycles. The Kier molecular flexibility index (Phi) is 7.16. The number of rotatable bonds is 6. The maximum atomic E-state index is 13.2. The second kappa shape index (κ2) is 10.4. The van der Waals surface area contributed by atoms with Crippen LogP contribution in [0.4, 0.5) is 11.6 Å².